The fraction of sp³-hybridized carbons (Fsp3) is 0.357. The summed E-state index contributed by atoms with van der Waals surface area (Å²) >= 11 is 0. The standard InChI is InChI=1S/C14H17N3O3/c1-14(2)6-11(18)17(13(14)20)7-9-4-3-8(12(16)19)5-10(9)15/h3-5H,6-7,15H2,1-2H3,(H2,16,19). The Hall–Kier alpha value is -2.37. The lowest BCUT2D eigenvalue weighted by Crippen LogP contribution is -2.32. The number of carbonyl (C=O) groups excluding carboxylic acids is 3. The number of nitrogens with zero attached hydrogens (tertiary/aromatic N) is 1. The molecule has 20 heavy (non-hydrogen) atoms. The van der Waals surface area contributed by atoms with Crippen LogP contribution in [0.5, 0.6) is 0 Å². The third-order valence-corrected chi connectivity index (χ3v) is 3.48. The van der Waals surface area contributed by atoms with E-state index < -0.39 is 11.3 Å². The van der Waals surface area contributed by atoms with Crippen molar-refractivity contribution in [3.8, 4) is 0 Å². The van der Waals surface area contributed by atoms with Crippen LogP contribution in [0.15, 0.2) is 18.2 Å². The summed E-state index contributed by atoms with van der Waals surface area (Å²) < 4.78 is 0. The van der Waals surface area contributed by atoms with E-state index in [0.717, 1.165) is 0 Å². The van der Waals surface area contributed by atoms with Crippen molar-refractivity contribution in [2.24, 2.45) is 11.1 Å². The fourth-order valence-corrected chi connectivity index (χ4v) is 2.25. The Morgan fingerprint density at radius 1 is 1.35 bits per heavy atom. The molecule has 1 aromatic rings. The molecule has 1 aliphatic heterocycles. The van der Waals surface area contributed by atoms with E-state index in [1.54, 1.807) is 19.9 Å². The highest BCUT2D eigenvalue weighted by molar-refractivity contribution is 6.05. The molecule has 106 valence electrons. The number of likely N-dealkylation sites (tertiary alicyclic amines) is 1. The van der Waals surface area contributed by atoms with Crippen molar-refractivity contribution in [3.05, 3.63) is 29.3 Å². The number of carbonyl (C=O) groups is 3. The van der Waals surface area contributed by atoms with Gasteiger partial charge in [0.2, 0.25) is 17.7 Å². The number of hydrogen-bond acceptors (Lipinski definition) is 4. The SMILES string of the molecule is CC1(C)CC(=O)N(Cc2ccc(C(N)=O)cc2N)C1=O. The number of nitrogen functional groups attached to an aromatic ring is 1. The van der Waals surface area contributed by atoms with Gasteiger partial charge in [-0.05, 0) is 17.7 Å². The molecular weight excluding hydrogens is 258 g/mol. The lowest BCUT2D eigenvalue weighted by Gasteiger charge is -2.18. The Labute approximate surface area is 116 Å². The molecular formula is C14H17N3O3. The van der Waals surface area contributed by atoms with Crippen LogP contribution in [0.1, 0.15) is 36.2 Å². The highest BCUT2D eigenvalue weighted by atomic mass is 16.2. The molecule has 1 saturated heterocycles. The Balaban J connectivity index is 2.25. The fourth-order valence-electron chi connectivity index (χ4n) is 2.25. The number of imide groups is 1. The molecule has 0 saturated carbocycles. The Morgan fingerprint density at radius 3 is 2.45 bits per heavy atom. The van der Waals surface area contributed by atoms with Crippen molar-refractivity contribution in [1.29, 1.82) is 0 Å². The van der Waals surface area contributed by atoms with E-state index in [1.165, 1.54) is 17.0 Å². The minimum absolute atomic E-state index is 0.117. The first kappa shape index (κ1) is 14.0. The summed E-state index contributed by atoms with van der Waals surface area (Å²) in [5.74, 6) is -0.989. The number of nitrogens with two attached hydrogens (primary N) is 2. The van der Waals surface area contributed by atoms with Gasteiger partial charge in [0, 0.05) is 17.7 Å². The largest absolute Gasteiger partial charge is 0.398 e. The van der Waals surface area contributed by atoms with E-state index in [0.29, 0.717) is 16.8 Å². The minimum atomic E-state index is -0.668. The van der Waals surface area contributed by atoms with Gasteiger partial charge >= 0.3 is 0 Å². The Bertz CT molecular complexity index is 608. The maximum Gasteiger partial charge on any atom is 0.248 e. The maximum atomic E-state index is 12.1. The van der Waals surface area contributed by atoms with Gasteiger partial charge in [-0.15, -0.1) is 0 Å². The van der Waals surface area contributed by atoms with E-state index in [1.807, 2.05) is 0 Å². The Kier molecular flexibility index (Phi) is 3.25. The van der Waals surface area contributed by atoms with Gasteiger partial charge in [-0.1, -0.05) is 19.9 Å². The average Bonchev–Trinajstić information content (AvgIpc) is 2.53. The van der Waals surface area contributed by atoms with Crippen molar-refractivity contribution in [1.82, 2.24) is 4.90 Å². The van der Waals surface area contributed by atoms with Crippen LogP contribution >= 0.6 is 0 Å². The van der Waals surface area contributed by atoms with Gasteiger partial charge < -0.3 is 11.5 Å². The smallest absolute Gasteiger partial charge is 0.248 e. The van der Waals surface area contributed by atoms with Crippen LogP contribution in [-0.4, -0.2) is 22.6 Å². The molecule has 0 bridgehead atoms. The molecule has 0 atom stereocenters. The average molecular weight is 275 g/mol. The second-order valence-corrected chi connectivity index (χ2v) is 5.62. The monoisotopic (exact) mass is 275 g/mol. The summed E-state index contributed by atoms with van der Waals surface area (Å²) in [6, 6.07) is 4.60. The summed E-state index contributed by atoms with van der Waals surface area (Å²) in [4.78, 5) is 36.3. The molecule has 3 amide bonds. The van der Waals surface area contributed by atoms with Gasteiger partial charge in [0.1, 0.15) is 0 Å². The second-order valence-electron chi connectivity index (χ2n) is 5.62. The molecule has 6 heteroatoms. The molecule has 1 aromatic carbocycles. The maximum absolute atomic E-state index is 12.1. The molecule has 2 rings (SSSR count). The van der Waals surface area contributed by atoms with Gasteiger partial charge in [-0.3, -0.25) is 19.3 Å². The van der Waals surface area contributed by atoms with Crippen molar-refractivity contribution in [2.45, 2.75) is 26.8 Å². The molecule has 0 aromatic heterocycles. The van der Waals surface area contributed by atoms with Crippen LogP contribution in [-0.2, 0) is 16.1 Å². The first-order valence-corrected chi connectivity index (χ1v) is 6.25. The molecule has 1 fully saturated rings. The zero-order chi connectivity index (χ0) is 15.1. The van der Waals surface area contributed by atoms with Crippen LogP contribution in [0.4, 0.5) is 5.69 Å². The summed E-state index contributed by atoms with van der Waals surface area (Å²) in [7, 11) is 0. The summed E-state index contributed by atoms with van der Waals surface area (Å²) in [5, 5.41) is 0. The van der Waals surface area contributed by atoms with Crippen molar-refractivity contribution in [3.63, 3.8) is 0 Å². The third-order valence-electron chi connectivity index (χ3n) is 3.48. The first-order chi connectivity index (χ1) is 9.22. The van der Waals surface area contributed by atoms with Gasteiger partial charge in [0.05, 0.1) is 12.0 Å². The topological polar surface area (TPSA) is 106 Å². The summed E-state index contributed by atoms with van der Waals surface area (Å²) in [5.41, 5.74) is 11.6. The van der Waals surface area contributed by atoms with Crippen molar-refractivity contribution in [2.75, 3.05) is 5.73 Å². The second kappa shape index (κ2) is 4.63. The van der Waals surface area contributed by atoms with Crippen LogP contribution in [0, 0.1) is 5.41 Å². The molecule has 6 nitrogen and oxygen atoms in total. The number of hydrogen-bond donors (Lipinski definition) is 2. The van der Waals surface area contributed by atoms with E-state index in [2.05, 4.69) is 0 Å². The number of primary amides is 1. The highest BCUT2D eigenvalue weighted by Crippen LogP contribution is 2.33. The number of rotatable bonds is 3. The van der Waals surface area contributed by atoms with Crippen LogP contribution in [0.2, 0.25) is 0 Å². The van der Waals surface area contributed by atoms with E-state index >= 15 is 0 Å². The normalized spacial score (nSPS) is 17.6. The van der Waals surface area contributed by atoms with E-state index in [9.17, 15) is 14.4 Å². The zero-order valence-electron chi connectivity index (χ0n) is 11.5. The van der Waals surface area contributed by atoms with Crippen molar-refractivity contribution < 1.29 is 14.4 Å². The zero-order valence-corrected chi connectivity index (χ0v) is 11.5. The Morgan fingerprint density at radius 2 is 2.00 bits per heavy atom. The molecule has 4 N–H and O–H groups in total. The number of anilines is 1. The molecule has 1 aliphatic rings. The number of amides is 3. The van der Waals surface area contributed by atoms with Crippen LogP contribution in [0.3, 0.4) is 0 Å². The number of benzene rings is 1. The third kappa shape index (κ3) is 2.36. The lowest BCUT2D eigenvalue weighted by molar-refractivity contribution is -0.141. The molecule has 0 spiro atoms. The molecule has 0 unspecified atom stereocenters. The molecule has 0 radical (unpaired) electrons. The first-order valence-electron chi connectivity index (χ1n) is 6.25. The van der Waals surface area contributed by atoms with Crippen LogP contribution in [0.25, 0.3) is 0 Å². The summed E-state index contributed by atoms with van der Waals surface area (Å²) in [6.07, 6.45) is 0.200. The van der Waals surface area contributed by atoms with Gasteiger partial charge in [0.15, 0.2) is 0 Å². The highest BCUT2D eigenvalue weighted by Gasteiger charge is 2.44. The quantitative estimate of drug-likeness (QED) is 0.624. The van der Waals surface area contributed by atoms with Crippen molar-refractivity contribution >= 4 is 23.4 Å². The van der Waals surface area contributed by atoms with Gasteiger partial charge in [-0.25, -0.2) is 0 Å². The predicted molar refractivity (Wildman–Crippen MR) is 73.3 cm³/mol. The van der Waals surface area contributed by atoms with Crippen LogP contribution < -0.4 is 11.5 Å². The van der Waals surface area contributed by atoms with Gasteiger partial charge in [0.25, 0.3) is 0 Å². The lowest BCUT2D eigenvalue weighted by atomic mass is 9.92. The van der Waals surface area contributed by atoms with E-state index in [-0.39, 0.29) is 24.8 Å². The molecule has 0 aliphatic carbocycles. The van der Waals surface area contributed by atoms with Gasteiger partial charge in [-0.2, -0.15) is 0 Å². The molecule has 1 heterocycles. The minimum Gasteiger partial charge on any atom is -0.398 e. The summed E-state index contributed by atoms with van der Waals surface area (Å²) in [6.45, 7) is 3.60. The van der Waals surface area contributed by atoms with E-state index in [4.69, 9.17) is 11.5 Å². The predicted octanol–water partition coefficient (Wildman–Crippen LogP) is 0.653.